The molecule has 7 heteroatoms. The summed E-state index contributed by atoms with van der Waals surface area (Å²) in [7, 11) is 4.94. The number of hydrogen-bond acceptors (Lipinski definition) is 6. The van der Waals surface area contributed by atoms with Crippen molar-refractivity contribution in [1.29, 1.82) is 0 Å². The zero-order valence-corrected chi connectivity index (χ0v) is 17.3. The number of carbonyl (C=O) groups excluding carboxylic acids is 2. The Hall–Kier alpha value is -2.51. The first kappa shape index (κ1) is 20.2. The number of hydrogen-bond donors (Lipinski definition) is 0. The average molecular weight is 401 g/mol. The van der Waals surface area contributed by atoms with Crippen molar-refractivity contribution in [2.24, 2.45) is 0 Å². The van der Waals surface area contributed by atoms with E-state index in [4.69, 9.17) is 9.47 Å². The van der Waals surface area contributed by atoms with Gasteiger partial charge in [-0.1, -0.05) is 12.1 Å². The molecule has 0 aliphatic carbocycles. The van der Waals surface area contributed by atoms with Crippen LogP contribution in [-0.2, 0) is 16.1 Å². The molecule has 0 aromatic heterocycles. The summed E-state index contributed by atoms with van der Waals surface area (Å²) in [5, 5.41) is 0. The second-order valence-corrected chi connectivity index (χ2v) is 7.47. The molecule has 1 atom stereocenters. The summed E-state index contributed by atoms with van der Waals surface area (Å²) in [6.07, 6.45) is 2.19. The van der Waals surface area contributed by atoms with E-state index in [0.29, 0.717) is 23.7 Å². The molecule has 1 heterocycles. The molecule has 0 bridgehead atoms. The predicted molar refractivity (Wildman–Crippen MR) is 110 cm³/mol. The van der Waals surface area contributed by atoms with E-state index in [1.165, 1.54) is 16.9 Å². The van der Waals surface area contributed by atoms with Gasteiger partial charge >= 0.3 is 0 Å². The van der Waals surface area contributed by atoms with Crippen LogP contribution in [0.25, 0.3) is 0 Å². The summed E-state index contributed by atoms with van der Waals surface area (Å²) in [6, 6.07) is 12.8. The molecule has 148 valence electrons. The van der Waals surface area contributed by atoms with Crippen molar-refractivity contribution in [3.05, 3.63) is 48.0 Å². The summed E-state index contributed by atoms with van der Waals surface area (Å²) >= 11 is 1.69. The van der Waals surface area contributed by atoms with Gasteiger partial charge in [0.2, 0.25) is 5.91 Å². The fourth-order valence-corrected chi connectivity index (χ4v) is 3.73. The van der Waals surface area contributed by atoms with E-state index in [1.54, 1.807) is 37.1 Å². The molecule has 2 aromatic rings. The number of likely N-dealkylation sites (N-methyl/N-ethyl adjacent to an activating group) is 1. The second-order valence-electron chi connectivity index (χ2n) is 6.59. The Morgan fingerprint density at radius 2 is 1.75 bits per heavy atom. The SMILES string of the molecule is COc1ccc(N2C(=O)C[C@@H](N(C)Cc3ccc(SC)cc3)C2=O)cc1OC. The maximum atomic E-state index is 13.0. The van der Waals surface area contributed by atoms with Gasteiger partial charge in [-0.2, -0.15) is 0 Å². The monoisotopic (exact) mass is 400 g/mol. The van der Waals surface area contributed by atoms with Gasteiger partial charge in [-0.3, -0.25) is 14.5 Å². The van der Waals surface area contributed by atoms with Crippen molar-refractivity contribution in [2.45, 2.75) is 23.9 Å². The molecule has 0 N–H and O–H groups in total. The summed E-state index contributed by atoms with van der Waals surface area (Å²) in [6.45, 7) is 0.595. The maximum absolute atomic E-state index is 13.0. The Kier molecular flexibility index (Phi) is 6.26. The fraction of sp³-hybridized carbons (Fsp3) is 0.333. The Bertz CT molecular complexity index is 869. The van der Waals surface area contributed by atoms with E-state index in [2.05, 4.69) is 24.3 Å². The molecular formula is C21H24N2O4S. The molecule has 0 unspecified atom stereocenters. The largest absolute Gasteiger partial charge is 0.493 e. The third kappa shape index (κ3) is 4.00. The Labute approximate surface area is 169 Å². The topological polar surface area (TPSA) is 59.1 Å². The van der Waals surface area contributed by atoms with Crippen LogP contribution in [-0.4, -0.2) is 50.3 Å². The minimum absolute atomic E-state index is 0.159. The first-order chi connectivity index (χ1) is 13.5. The molecule has 1 fully saturated rings. The number of methoxy groups -OCH3 is 2. The van der Waals surface area contributed by atoms with E-state index in [0.717, 1.165) is 5.56 Å². The minimum atomic E-state index is -0.485. The van der Waals surface area contributed by atoms with E-state index < -0.39 is 6.04 Å². The maximum Gasteiger partial charge on any atom is 0.251 e. The lowest BCUT2D eigenvalue weighted by Gasteiger charge is -2.23. The quantitative estimate of drug-likeness (QED) is 0.526. The number of imide groups is 1. The predicted octanol–water partition coefficient (Wildman–Crippen LogP) is 3.19. The van der Waals surface area contributed by atoms with Gasteiger partial charge in [0.1, 0.15) is 0 Å². The highest BCUT2D eigenvalue weighted by Gasteiger charge is 2.41. The van der Waals surface area contributed by atoms with Gasteiger partial charge in [-0.15, -0.1) is 11.8 Å². The summed E-state index contributed by atoms with van der Waals surface area (Å²) in [4.78, 5) is 29.9. The van der Waals surface area contributed by atoms with Crippen LogP contribution >= 0.6 is 11.8 Å². The lowest BCUT2D eigenvalue weighted by atomic mass is 10.1. The van der Waals surface area contributed by atoms with Crippen molar-refractivity contribution in [3.8, 4) is 11.5 Å². The number of benzene rings is 2. The average Bonchev–Trinajstić information content (AvgIpc) is 3.02. The molecule has 0 saturated carbocycles. The summed E-state index contributed by atoms with van der Waals surface area (Å²) in [5.74, 6) is 0.589. The van der Waals surface area contributed by atoms with Crippen LogP contribution in [0.3, 0.4) is 0 Å². The van der Waals surface area contributed by atoms with Gasteiger partial charge in [0.05, 0.1) is 32.4 Å². The standard InChI is InChI=1S/C21H24N2O4S/c1-22(13-14-5-8-16(28-4)9-6-14)17-12-20(24)23(21(17)25)15-7-10-18(26-2)19(11-15)27-3/h5-11,17H,12-13H2,1-4H3/t17-/m1/s1. The lowest BCUT2D eigenvalue weighted by Crippen LogP contribution is -2.39. The summed E-state index contributed by atoms with van der Waals surface area (Å²) < 4.78 is 10.5. The molecule has 0 spiro atoms. The minimum Gasteiger partial charge on any atom is -0.493 e. The first-order valence-electron chi connectivity index (χ1n) is 8.90. The number of nitrogens with zero attached hydrogens (tertiary/aromatic N) is 2. The molecule has 2 amide bonds. The van der Waals surface area contributed by atoms with Crippen LogP contribution in [0.2, 0.25) is 0 Å². The zero-order valence-electron chi connectivity index (χ0n) is 16.5. The zero-order chi connectivity index (χ0) is 20.3. The normalized spacial score (nSPS) is 16.8. The van der Waals surface area contributed by atoms with E-state index in [1.807, 2.05) is 18.2 Å². The van der Waals surface area contributed by atoms with Crippen LogP contribution in [0.5, 0.6) is 11.5 Å². The highest BCUT2D eigenvalue weighted by Crippen LogP contribution is 2.34. The van der Waals surface area contributed by atoms with Crippen LogP contribution in [0.1, 0.15) is 12.0 Å². The molecule has 6 nitrogen and oxygen atoms in total. The Balaban J connectivity index is 1.77. The molecule has 0 radical (unpaired) electrons. The molecule has 28 heavy (non-hydrogen) atoms. The smallest absolute Gasteiger partial charge is 0.251 e. The first-order valence-corrected chi connectivity index (χ1v) is 10.1. The number of ether oxygens (including phenoxy) is 2. The van der Waals surface area contributed by atoms with Gasteiger partial charge in [0, 0.05) is 17.5 Å². The van der Waals surface area contributed by atoms with Crippen molar-refractivity contribution in [3.63, 3.8) is 0 Å². The van der Waals surface area contributed by atoms with Gasteiger partial charge in [0.15, 0.2) is 11.5 Å². The Morgan fingerprint density at radius 3 is 2.36 bits per heavy atom. The van der Waals surface area contributed by atoms with Crippen molar-refractivity contribution in [1.82, 2.24) is 4.90 Å². The van der Waals surface area contributed by atoms with Gasteiger partial charge in [0.25, 0.3) is 5.91 Å². The van der Waals surface area contributed by atoms with Crippen molar-refractivity contribution in [2.75, 3.05) is 32.4 Å². The van der Waals surface area contributed by atoms with Crippen molar-refractivity contribution < 1.29 is 19.1 Å². The number of thioether (sulfide) groups is 1. The number of amides is 2. The fourth-order valence-electron chi connectivity index (χ4n) is 3.32. The van der Waals surface area contributed by atoms with Crippen LogP contribution in [0.4, 0.5) is 5.69 Å². The molecule has 1 saturated heterocycles. The number of rotatable bonds is 7. The van der Waals surface area contributed by atoms with Gasteiger partial charge in [-0.05, 0) is 43.1 Å². The van der Waals surface area contributed by atoms with Crippen LogP contribution in [0, 0.1) is 0 Å². The molecule has 1 aliphatic rings. The molecular weight excluding hydrogens is 376 g/mol. The number of carbonyl (C=O) groups is 2. The van der Waals surface area contributed by atoms with Gasteiger partial charge in [-0.25, -0.2) is 4.90 Å². The van der Waals surface area contributed by atoms with E-state index in [-0.39, 0.29) is 18.2 Å². The van der Waals surface area contributed by atoms with E-state index in [9.17, 15) is 9.59 Å². The number of anilines is 1. The van der Waals surface area contributed by atoms with Crippen LogP contribution in [0.15, 0.2) is 47.4 Å². The second kappa shape index (κ2) is 8.67. The van der Waals surface area contributed by atoms with Crippen molar-refractivity contribution >= 4 is 29.3 Å². The highest BCUT2D eigenvalue weighted by molar-refractivity contribution is 7.98. The van der Waals surface area contributed by atoms with Gasteiger partial charge < -0.3 is 9.47 Å². The third-order valence-corrected chi connectivity index (χ3v) is 5.61. The lowest BCUT2D eigenvalue weighted by molar-refractivity contribution is -0.122. The molecule has 2 aromatic carbocycles. The highest BCUT2D eigenvalue weighted by atomic mass is 32.2. The third-order valence-electron chi connectivity index (χ3n) is 4.87. The molecule has 3 rings (SSSR count). The van der Waals surface area contributed by atoms with Crippen LogP contribution < -0.4 is 14.4 Å². The molecule has 1 aliphatic heterocycles. The summed E-state index contributed by atoms with van der Waals surface area (Å²) in [5.41, 5.74) is 1.60. The Morgan fingerprint density at radius 1 is 1.07 bits per heavy atom. The van der Waals surface area contributed by atoms with E-state index >= 15 is 0 Å².